The zero-order valence-corrected chi connectivity index (χ0v) is 21.5. The quantitative estimate of drug-likeness (QED) is 0.0622. The normalized spacial score (nSPS) is 13.4. The van der Waals surface area contributed by atoms with Crippen LogP contribution in [0.15, 0.2) is 96.7 Å². The van der Waals surface area contributed by atoms with E-state index in [0.717, 1.165) is 18.3 Å². The number of carbonyl (C=O) groups is 1. The summed E-state index contributed by atoms with van der Waals surface area (Å²) in [5.41, 5.74) is 2.71. The highest BCUT2D eigenvalue weighted by atomic mass is 19.1. The number of methoxy groups -OCH3 is 1. The minimum Gasteiger partial charge on any atom is -0.491 e. The van der Waals surface area contributed by atoms with Crippen LogP contribution in [0.3, 0.4) is 0 Å². The molecule has 0 aromatic carbocycles. The van der Waals surface area contributed by atoms with Crippen molar-refractivity contribution in [1.82, 2.24) is 0 Å². The number of carbonyl (C=O) groups excluding carboxylic acids is 1. The van der Waals surface area contributed by atoms with E-state index < -0.39 is 5.83 Å². The lowest BCUT2D eigenvalue weighted by Crippen LogP contribution is -2.04. The fourth-order valence-electron chi connectivity index (χ4n) is 2.05. The Morgan fingerprint density at radius 2 is 1.58 bits per heavy atom. The molecule has 0 rings (SSSR count). The standard InChI is InChI=1S/C25H37FO2.C4H6O/c1-10-18(3)12-13-20(5)21(6)16-24(26)23(8)22(7)17-25(19(4)11-2)28-15-14-27-9;1-4(2)3-5/h12-13,16-18,20H,4,6-8,10-11,14-15H2,1-3,5,9H3;3H,1H2,2H3/b13-12-,24-16+,25-17+;. The molecule has 184 valence electrons. The van der Waals surface area contributed by atoms with Crippen LogP contribution >= 0.6 is 0 Å². The topological polar surface area (TPSA) is 35.5 Å². The molecule has 2 atom stereocenters. The van der Waals surface area contributed by atoms with Gasteiger partial charge in [-0.05, 0) is 59.6 Å². The highest BCUT2D eigenvalue weighted by Crippen LogP contribution is 2.25. The molecular weight excluding hydrogens is 415 g/mol. The summed E-state index contributed by atoms with van der Waals surface area (Å²) >= 11 is 0. The average molecular weight is 459 g/mol. The maximum Gasteiger partial charge on any atom is 0.145 e. The van der Waals surface area contributed by atoms with Gasteiger partial charge in [-0.3, -0.25) is 4.79 Å². The second-order valence-electron chi connectivity index (χ2n) is 7.90. The van der Waals surface area contributed by atoms with Gasteiger partial charge in [-0.15, -0.1) is 0 Å². The Labute approximate surface area is 201 Å². The van der Waals surface area contributed by atoms with E-state index in [1.807, 2.05) is 13.8 Å². The van der Waals surface area contributed by atoms with Crippen molar-refractivity contribution in [3.63, 3.8) is 0 Å². The first-order chi connectivity index (χ1) is 15.4. The molecule has 0 amide bonds. The summed E-state index contributed by atoms with van der Waals surface area (Å²) in [6, 6.07) is 0. The molecule has 0 aromatic rings. The van der Waals surface area contributed by atoms with Crippen molar-refractivity contribution in [2.75, 3.05) is 20.3 Å². The Hall–Kier alpha value is -2.72. The van der Waals surface area contributed by atoms with Crippen LogP contribution in [0.4, 0.5) is 4.39 Å². The molecule has 0 fully saturated rings. The minimum absolute atomic E-state index is 0.0455. The number of aldehydes is 1. The van der Waals surface area contributed by atoms with E-state index in [1.54, 1.807) is 20.1 Å². The maximum absolute atomic E-state index is 14.7. The predicted octanol–water partition coefficient (Wildman–Crippen LogP) is 8.02. The van der Waals surface area contributed by atoms with E-state index in [1.165, 1.54) is 6.08 Å². The molecule has 4 heteroatoms. The largest absolute Gasteiger partial charge is 0.491 e. The SMILES string of the molecule is C=C(/C=C(/OCCOC)C(=C)CC)C(=C)/C(F)=C\C(=C)C(C)/C=C\C(C)CC.C=C(C)C=O. The summed E-state index contributed by atoms with van der Waals surface area (Å²) in [6.07, 6.45) is 9.80. The van der Waals surface area contributed by atoms with Gasteiger partial charge in [-0.2, -0.15) is 0 Å². The third-order valence-electron chi connectivity index (χ3n) is 4.77. The number of allylic oxidation sites excluding steroid dienone is 10. The summed E-state index contributed by atoms with van der Waals surface area (Å²) in [6.45, 7) is 29.8. The number of hydrogen-bond donors (Lipinski definition) is 0. The van der Waals surface area contributed by atoms with Gasteiger partial charge in [0.2, 0.25) is 0 Å². The van der Waals surface area contributed by atoms with Gasteiger partial charge >= 0.3 is 0 Å². The Morgan fingerprint density at radius 1 is 1.00 bits per heavy atom. The highest BCUT2D eigenvalue weighted by molar-refractivity contribution is 5.70. The van der Waals surface area contributed by atoms with E-state index in [0.29, 0.717) is 48.0 Å². The van der Waals surface area contributed by atoms with Gasteiger partial charge in [0.1, 0.15) is 24.5 Å². The molecule has 0 aliphatic heterocycles. The van der Waals surface area contributed by atoms with Crippen molar-refractivity contribution in [2.45, 2.75) is 47.5 Å². The van der Waals surface area contributed by atoms with E-state index in [2.05, 4.69) is 58.9 Å². The molecule has 0 spiro atoms. The molecule has 2 unspecified atom stereocenters. The predicted molar refractivity (Wildman–Crippen MR) is 141 cm³/mol. The van der Waals surface area contributed by atoms with Crippen molar-refractivity contribution in [3.8, 4) is 0 Å². The fraction of sp³-hybridized carbons (Fsp3) is 0.414. The maximum atomic E-state index is 14.7. The molecule has 0 saturated heterocycles. The highest BCUT2D eigenvalue weighted by Gasteiger charge is 2.10. The minimum atomic E-state index is -0.451. The van der Waals surface area contributed by atoms with Gasteiger partial charge in [-0.25, -0.2) is 4.39 Å². The fourth-order valence-corrected chi connectivity index (χ4v) is 2.05. The zero-order valence-electron chi connectivity index (χ0n) is 21.5. The van der Waals surface area contributed by atoms with Gasteiger partial charge in [0, 0.05) is 12.7 Å². The number of halogens is 1. The molecule has 0 heterocycles. The number of hydrogen-bond acceptors (Lipinski definition) is 3. The van der Waals surface area contributed by atoms with E-state index in [4.69, 9.17) is 9.47 Å². The molecular formula is C29H43FO3. The van der Waals surface area contributed by atoms with Crippen LogP contribution in [0.2, 0.25) is 0 Å². The van der Waals surface area contributed by atoms with Crippen LogP contribution in [0.1, 0.15) is 47.5 Å². The third-order valence-corrected chi connectivity index (χ3v) is 4.77. The van der Waals surface area contributed by atoms with Crippen molar-refractivity contribution in [1.29, 1.82) is 0 Å². The summed E-state index contributed by atoms with van der Waals surface area (Å²) in [5, 5.41) is 0. The van der Waals surface area contributed by atoms with Crippen LogP contribution in [-0.4, -0.2) is 26.6 Å². The smallest absolute Gasteiger partial charge is 0.145 e. The molecule has 0 saturated carbocycles. The second kappa shape index (κ2) is 18.8. The summed E-state index contributed by atoms with van der Waals surface area (Å²) in [5.74, 6) is 0.659. The van der Waals surface area contributed by atoms with E-state index in [-0.39, 0.29) is 11.5 Å². The molecule has 0 aromatic heterocycles. The number of ether oxygens (including phenoxy) is 2. The molecule has 33 heavy (non-hydrogen) atoms. The van der Waals surface area contributed by atoms with E-state index in [9.17, 15) is 9.18 Å². The molecule has 0 aliphatic carbocycles. The zero-order chi connectivity index (χ0) is 26.0. The Morgan fingerprint density at radius 3 is 2.03 bits per heavy atom. The van der Waals surface area contributed by atoms with Crippen LogP contribution in [0.5, 0.6) is 0 Å². The van der Waals surface area contributed by atoms with Gasteiger partial charge in [0.05, 0.1) is 6.61 Å². The van der Waals surface area contributed by atoms with Crippen LogP contribution in [0, 0.1) is 11.8 Å². The summed E-state index contributed by atoms with van der Waals surface area (Å²) in [7, 11) is 1.61. The second-order valence-corrected chi connectivity index (χ2v) is 7.90. The van der Waals surface area contributed by atoms with Crippen molar-refractivity contribution >= 4 is 6.29 Å². The first-order valence-electron chi connectivity index (χ1n) is 11.2. The Bertz CT molecular complexity index is 781. The molecule has 0 bridgehead atoms. The molecule has 0 aliphatic rings. The average Bonchev–Trinajstić information content (AvgIpc) is 2.80. The Kier molecular flexibility index (Phi) is 18.5. The van der Waals surface area contributed by atoms with Crippen LogP contribution in [-0.2, 0) is 14.3 Å². The Balaban J connectivity index is 0. The van der Waals surface area contributed by atoms with Crippen molar-refractivity contribution in [2.24, 2.45) is 11.8 Å². The molecule has 0 radical (unpaired) electrons. The monoisotopic (exact) mass is 458 g/mol. The van der Waals surface area contributed by atoms with Gasteiger partial charge in [0.25, 0.3) is 0 Å². The van der Waals surface area contributed by atoms with Gasteiger partial charge in [0.15, 0.2) is 0 Å². The van der Waals surface area contributed by atoms with Gasteiger partial charge in [-0.1, -0.05) is 79.2 Å². The molecule has 3 nitrogen and oxygen atoms in total. The lowest BCUT2D eigenvalue weighted by molar-refractivity contribution is -0.104. The van der Waals surface area contributed by atoms with Crippen LogP contribution in [0.25, 0.3) is 0 Å². The summed E-state index contributed by atoms with van der Waals surface area (Å²) < 4.78 is 25.3. The first kappa shape index (κ1) is 32.5. The first-order valence-corrected chi connectivity index (χ1v) is 11.2. The molecule has 0 N–H and O–H groups in total. The van der Waals surface area contributed by atoms with E-state index >= 15 is 0 Å². The summed E-state index contributed by atoms with van der Waals surface area (Å²) in [4.78, 5) is 9.41. The van der Waals surface area contributed by atoms with Crippen molar-refractivity contribution in [3.05, 3.63) is 96.7 Å². The van der Waals surface area contributed by atoms with Crippen molar-refractivity contribution < 1.29 is 18.7 Å². The lowest BCUT2D eigenvalue weighted by atomic mass is 9.97. The third kappa shape index (κ3) is 15.7. The lowest BCUT2D eigenvalue weighted by Gasteiger charge is -2.13. The van der Waals surface area contributed by atoms with Crippen LogP contribution < -0.4 is 0 Å². The number of rotatable bonds is 15. The van der Waals surface area contributed by atoms with Gasteiger partial charge < -0.3 is 9.47 Å².